The first-order valence-electron chi connectivity index (χ1n) is 6.51. The van der Waals surface area contributed by atoms with Gasteiger partial charge >= 0.3 is 5.76 Å². The lowest BCUT2D eigenvalue weighted by Crippen LogP contribution is -2.32. The Hall–Kier alpha value is -0.770. The zero-order valence-electron chi connectivity index (χ0n) is 11.4. The van der Waals surface area contributed by atoms with Crippen LogP contribution in [0.5, 0.6) is 0 Å². The normalized spacial score (nSPS) is 24.4. The van der Waals surface area contributed by atoms with Crippen LogP contribution in [0.4, 0.5) is 8.78 Å². The topological polar surface area (TPSA) is 66.5 Å². The van der Waals surface area contributed by atoms with Crippen LogP contribution in [0.1, 0.15) is 9.67 Å². The van der Waals surface area contributed by atoms with Gasteiger partial charge in [0.1, 0.15) is 4.88 Å². The number of nitrogens with one attached hydrogen (secondary N) is 1. The maximum atomic E-state index is 12.7. The van der Waals surface area contributed by atoms with Crippen molar-refractivity contribution in [2.24, 2.45) is 11.8 Å². The molecule has 2 atom stereocenters. The first kappa shape index (κ1) is 17.6. The summed E-state index contributed by atoms with van der Waals surface area (Å²) in [6, 6.07) is 1.08. The number of halogens is 3. The van der Waals surface area contributed by atoms with Crippen molar-refractivity contribution < 1.29 is 22.0 Å². The Kier molecular flexibility index (Phi) is 5.10. The van der Waals surface area contributed by atoms with Crippen LogP contribution in [0.25, 0.3) is 0 Å². The van der Waals surface area contributed by atoms with E-state index in [1.54, 1.807) is 4.90 Å². The molecule has 0 aromatic carbocycles. The second kappa shape index (κ2) is 6.38. The van der Waals surface area contributed by atoms with Crippen LogP contribution in [0.3, 0.4) is 0 Å². The molecule has 3 heterocycles. The molecule has 1 amide bonds. The van der Waals surface area contributed by atoms with Crippen molar-refractivity contribution in [2.75, 3.05) is 26.2 Å². The summed E-state index contributed by atoms with van der Waals surface area (Å²) in [5.74, 6) is -3.24. The summed E-state index contributed by atoms with van der Waals surface area (Å²) >= 11 is 0.898. The fourth-order valence-corrected chi connectivity index (χ4v) is 5.07. The van der Waals surface area contributed by atoms with Gasteiger partial charge in [0.15, 0.2) is 0 Å². The van der Waals surface area contributed by atoms with Crippen LogP contribution in [0.2, 0.25) is 0 Å². The third-order valence-electron chi connectivity index (χ3n) is 4.04. The van der Waals surface area contributed by atoms with E-state index >= 15 is 0 Å². The van der Waals surface area contributed by atoms with Gasteiger partial charge in [-0.3, -0.25) is 4.79 Å². The lowest BCUT2D eigenvalue weighted by Gasteiger charge is -2.17. The quantitative estimate of drug-likeness (QED) is 0.872. The van der Waals surface area contributed by atoms with Crippen molar-refractivity contribution in [1.82, 2.24) is 10.2 Å². The second-order valence-corrected chi connectivity index (χ2v) is 8.11. The van der Waals surface area contributed by atoms with Crippen molar-refractivity contribution in [3.05, 3.63) is 16.3 Å². The molecular weight excluding hydrogens is 358 g/mol. The molecule has 1 aromatic rings. The van der Waals surface area contributed by atoms with E-state index in [-0.39, 0.29) is 17.3 Å². The Bertz CT molecular complexity index is 653. The van der Waals surface area contributed by atoms with Gasteiger partial charge < -0.3 is 10.2 Å². The fraction of sp³-hybridized carbons (Fsp3) is 0.583. The number of rotatable bonds is 3. The van der Waals surface area contributed by atoms with Crippen LogP contribution in [0.15, 0.2) is 16.3 Å². The molecule has 0 unspecified atom stereocenters. The molecule has 22 heavy (non-hydrogen) atoms. The molecule has 10 heteroatoms. The number of sulfone groups is 1. The maximum absolute atomic E-state index is 12.7. The van der Waals surface area contributed by atoms with Gasteiger partial charge in [0.2, 0.25) is 9.84 Å². The number of thiophene rings is 1. The summed E-state index contributed by atoms with van der Waals surface area (Å²) in [7, 11) is -4.74. The van der Waals surface area contributed by atoms with E-state index in [9.17, 15) is 22.0 Å². The molecule has 5 nitrogen and oxygen atoms in total. The Labute approximate surface area is 137 Å². The number of nitrogens with zero attached hydrogens (tertiary/aromatic N) is 1. The first-order valence-corrected chi connectivity index (χ1v) is 8.93. The number of hydrogen-bond acceptors (Lipinski definition) is 5. The molecule has 0 saturated carbocycles. The number of carbonyl (C=O) groups is 1. The Morgan fingerprint density at radius 2 is 1.91 bits per heavy atom. The number of fused-ring (bicyclic) bond motifs is 1. The Morgan fingerprint density at radius 3 is 2.45 bits per heavy atom. The van der Waals surface area contributed by atoms with Crippen LogP contribution in [0, 0.1) is 11.8 Å². The van der Waals surface area contributed by atoms with Gasteiger partial charge in [0.05, 0.1) is 4.90 Å². The van der Waals surface area contributed by atoms with Crippen molar-refractivity contribution in [1.29, 1.82) is 0 Å². The van der Waals surface area contributed by atoms with E-state index in [0.29, 0.717) is 24.9 Å². The van der Waals surface area contributed by atoms with Crippen LogP contribution in [-0.4, -0.2) is 51.2 Å². The van der Waals surface area contributed by atoms with Gasteiger partial charge in [-0.2, -0.15) is 8.78 Å². The van der Waals surface area contributed by atoms with Gasteiger partial charge in [-0.1, -0.05) is 0 Å². The maximum Gasteiger partial charge on any atom is 0.341 e. The third-order valence-corrected chi connectivity index (χ3v) is 6.50. The highest BCUT2D eigenvalue weighted by atomic mass is 35.5. The van der Waals surface area contributed by atoms with Crippen molar-refractivity contribution in [3.63, 3.8) is 0 Å². The minimum Gasteiger partial charge on any atom is -0.337 e. The third kappa shape index (κ3) is 2.86. The highest BCUT2D eigenvalue weighted by Crippen LogP contribution is 2.32. The number of alkyl halides is 2. The molecule has 3 rings (SSSR count). The highest BCUT2D eigenvalue weighted by molar-refractivity contribution is 7.92. The van der Waals surface area contributed by atoms with E-state index in [0.717, 1.165) is 30.5 Å². The number of hydrogen-bond donors (Lipinski definition) is 1. The zero-order valence-corrected chi connectivity index (χ0v) is 13.8. The molecule has 1 aromatic heterocycles. The standard InChI is InChI=1S/C12H14F2N2O3S2.ClH/c13-12(14)21(18,19)9-1-2-20-10(9)11(17)16-5-7-3-15-4-8(7)6-16;/h1-2,7-8,12,15H,3-6H2;1H/t7-,8+;. The smallest absolute Gasteiger partial charge is 0.337 e. The van der Waals surface area contributed by atoms with Crippen LogP contribution >= 0.6 is 23.7 Å². The summed E-state index contributed by atoms with van der Waals surface area (Å²) in [6.45, 7) is 2.76. The van der Waals surface area contributed by atoms with E-state index < -0.39 is 26.4 Å². The molecule has 124 valence electrons. The molecule has 0 radical (unpaired) electrons. The van der Waals surface area contributed by atoms with E-state index in [4.69, 9.17) is 0 Å². The summed E-state index contributed by atoms with van der Waals surface area (Å²) in [5, 5.41) is 4.60. The molecule has 0 spiro atoms. The lowest BCUT2D eigenvalue weighted by atomic mass is 10.0. The SMILES string of the molecule is Cl.O=C(c1sccc1S(=O)(=O)C(F)F)N1C[C@H]2CNC[C@H]2C1. The minimum atomic E-state index is -4.74. The highest BCUT2D eigenvalue weighted by Gasteiger charge is 2.40. The second-order valence-electron chi connectivity index (χ2n) is 5.31. The van der Waals surface area contributed by atoms with Gasteiger partial charge in [0.25, 0.3) is 5.91 Å². The summed E-state index contributed by atoms with van der Waals surface area (Å²) in [5.41, 5.74) is 0. The average molecular weight is 373 g/mol. The van der Waals surface area contributed by atoms with Crippen molar-refractivity contribution in [3.8, 4) is 0 Å². The molecule has 2 fully saturated rings. The number of likely N-dealkylation sites (tertiary alicyclic amines) is 1. The molecule has 0 bridgehead atoms. The largest absolute Gasteiger partial charge is 0.341 e. The molecule has 2 saturated heterocycles. The predicted molar refractivity (Wildman–Crippen MR) is 80.5 cm³/mol. The zero-order chi connectivity index (χ0) is 15.2. The molecule has 2 aliphatic rings. The Balaban J connectivity index is 0.00000176. The molecular formula is C12H15ClF2N2O3S2. The molecule has 1 N–H and O–H groups in total. The van der Waals surface area contributed by atoms with Gasteiger partial charge in [0, 0.05) is 26.2 Å². The van der Waals surface area contributed by atoms with Gasteiger partial charge in [-0.05, 0) is 23.3 Å². The van der Waals surface area contributed by atoms with E-state index in [1.165, 1.54) is 5.38 Å². The fourth-order valence-electron chi connectivity index (χ4n) is 2.94. The van der Waals surface area contributed by atoms with Crippen LogP contribution < -0.4 is 5.32 Å². The minimum absolute atomic E-state index is 0. The summed E-state index contributed by atoms with van der Waals surface area (Å²) < 4.78 is 48.5. The lowest BCUT2D eigenvalue weighted by molar-refractivity contribution is 0.0783. The monoisotopic (exact) mass is 372 g/mol. The Morgan fingerprint density at radius 1 is 1.32 bits per heavy atom. The van der Waals surface area contributed by atoms with Crippen LogP contribution in [-0.2, 0) is 9.84 Å². The van der Waals surface area contributed by atoms with Gasteiger partial charge in [-0.25, -0.2) is 8.42 Å². The van der Waals surface area contributed by atoms with E-state index in [2.05, 4.69) is 5.32 Å². The molecule has 2 aliphatic heterocycles. The number of carbonyl (C=O) groups excluding carboxylic acids is 1. The van der Waals surface area contributed by atoms with Crippen molar-refractivity contribution in [2.45, 2.75) is 10.7 Å². The molecule has 0 aliphatic carbocycles. The summed E-state index contributed by atoms with van der Waals surface area (Å²) in [6.07, 6.45) is 0. The first-order chi connectivity index (χ1) is 9.91. The number of amides is 1. The van der Waals surface area contributed by atoms with Gasteiger partial charge in [-0.15, -0.1) is 23.7 Å². The summed E-state index contributed by atoms with van der Waals surface area (Å²) in [4.78, 5) is 13.4. The van der Waals surface area contributed by atoms with E-state index in [1.807, 2.05) is 0 Å². The predicted octanol–water partition coefficient (Wildman–Crippen LogP) is 1.46. The average Bonchev–Trinajstić information content (AvgIpc) is 3.12. The van der Waals surface area contributed by atoms with Crippen molar-refractivity contribution >= 4 is 39.5 Å².